The summed E-state index contributed by atoms with van der Waals surface area (Å²) in [5.41, 5.74) is 2.40. The zero-order valence-electron chi connectivity index (χ0n) is 15.7. The first-order chi connectivity index (χ1) is 13.0. The number of hydrogen-bond acceptors (Lipinski definition) is 5. The van der Waals surface area contributed by atoms with Gasteiger partial charge >= 0.3 is 0 Å². The van der Waals surface area contributed by atoms with E-state index in [0.717, 1.165) is 21.3 Å². The number of benzene rings is 2. The Bertz CT molecular complexity index is 868. The lowest BCUT2D eigenvalue weighted by Crippen LogP contribution is -2.25. The second-order valence-electron chi connectivity index (χ2n) is 6.03. The molecule has 0 unspecified atom stereocenters. The van der Waals surface area contributed by atoms with Crippen molar-refractivity contribution in [1.29, 1.82) is 0 Å². The minimum absolute atomic E-state index is 0.0794. The number of hydrogen-bond donors (Lipinski definition) is 1. The topological polar surface area (TPSA) is 66.0 Å². The third-order valence-electron chi connectivity index (χ3n) is 4.53. The van der Waals surface area contributed by atoms with Crippen molar-refractivity contribution in [3.8, 4) is 23.0 Å². The number of halogens is 1. The first-order valence-corrected chi connectivity index (χ1v) is 9.38. The molecule has 1 aliphatic heterocycles. The van der Waals surface area contributed by atoms with Gasteiger partial charge in [-0.3, -0.25) is 4.79 Å². The van der Waals surface area contributed by atoms with Crippen molar-refractivity contribution in [1.82, 2.24) is 0 Å². The monoisotopic (exact) mass is 435 g/mol. The Morgan fingerprint density at radius 1 is 1.07 bits per heavy atom. The molecule has 0 aromatic heterocycles. The second-order valence-corrected chi connectivity index (χ2v) is 6.94. The van der Waals surface area contributed by atoms with Gasteiger partial charge in [-0.2, -0.15) is 0 Å². The Kier molecular flexibility index (Phi) is 5.79. The Labute approximate surface area is 166 Å². The lowest BCUT2D eigenvalue weighted by atomic mass is 9.83. The van der Waals surface area contributed by atoms with Crippen LogP contribution in [0.1, 0.15) is 30.4 Å². The summed E-state index contributed by atoms with van der Waals surface area (Å²) in [6.45, 7) is 2.46. The van der Waals surface area contributed by atoms with Gasteiger partial charge in [0.2, 0.25) is 11.7 Å². The summed E-state index contributed by atoms with van der Waals surface area (Å²) in [5, 5.41) is 2.92. The van der Waals surface area contributed by atoms with Crippen LogP contribution in [0.5, 0.6) is 23.0 Å². The summed E-state index contributed by atoms with van der Waals surface area (Å²) >= 11 is 3.52. The van der Waals surface area contributed by atoms with E-state index in [0.29, 0.717) is 29.5 Å². The van der Waals surface area contributed by atoms with Gasteiger partial charge in [0, 0.05) is 34.0 Å². The fourth-order valence-electron chi connectivity index (χ4n) is 3.46. The highest BCUT2D eigenvalue weighted by Crippen LogP contribution is 2.52. The van der Waals surface area contributed by atoms with Crippen LogP contribution in [0.2, 0.25) is 0 Å². The molecule has 144 valence electrons. The fourth-order valence-corrected chi connectivity index (χ4v) is 3.84. The maximum absolute atomic E-state index is 12.4. The van der Waals surface area contributed by atoms with Gasteiger partial charge < -0.3 is 24.3 Å². The summed E-state index contributed by atoms with van der Waals surface area (Å²) in [6.07, 6.45) is 0.273. The Morgan fingerprint density at radius 3 is 2.44 bits per heavy atom. The first kappa shape index (κ1) is 19.4. The van der Waals surface area contributed by atoms with Gasteiger partial charge in [-0.15, -0.1) is 0 Å². The molecule has 6 nitrogen and oxygen atoms in total. The van der Waals surface area contributed by atoms with Crippen molar-refractivity contribution in [3.63, 3.8) is 0 Å². The molecule has 1 amide bonds. The van der Waals surface area contributed by atoms with Crippen LogP contribution < -0.4 is 24.3 Å². The largest absolute Gasteiger partial charge is 0.494 e. The molecule has 3 rings (SSSR count). The van der Waals surface area contributed by atoms with E-state index in [-0.39, 0.29) is 18.2 Å². The molecule has 1 aliphatic rings. The van der Waals surface area contributed by atoms with E-state index >= 15 is 0 Å². The van der Waals surface area contributed by atoms with Gasteiger partial charge in [0.15, 0.2) is 11.5 Å². The molecule has 0 aliphatic carbocycles. The molecule has 0 saturated carbocycles. The van der Waals surface area contributed by atoms with Crippen molar-refractivity contribution >= 4 is 27.5 Å². The quantitative estimate of drug-likeness (QED) is 0.730. The molecule has 2 aromatic carbocycles. The number of amides is 1. The number of nitrogens with one attached hydrogen (secondary N) is 1. The van der Waals surface area contributed by atoms with Gasteiger partial charge in [-0.05, 0) is 25.1 Å². The zero-order chi connectivity index (χ0) is 19.6. The van der Waals surface area contributed by atoms with Crippen molar-refractivity contribution in [2.45, 2.75) is 19.3 Å². The third kappa shape index (κ3) is 3.56. The van der Waals surface area contributed by atoms with Crippen LogP contribution in [0.4, 0.5) is 5.69 Å². The van der Waals surface area contributed by atoms with Crippen molar-refractivity contribution < 1.29 is 23.7 Å². The van der Waals surface area contributed by atoms with Crippen molar-refractivity contribution in [2.24, 2.45) is 0 Å². The zero-order valence-corrected chi connectivity index (χ0v) is 17.3. The van der Waals surface area contributed by atoms with Gasteiger partial charge in [0.1, 0.15) is 5.75 Å². The van der Waals surface area contributed by atoms with Gasteiger partial charge in [-0.25, -0.2) is 0 Å². The molecule has 1 N–H and O–H groups in total. The molecule has 27 heavy (non-hydrogen) atoms. The summed E-state index contributed by atoms with van der Waals surface area (Å²) in [4.78, 5) is 12.4. The lowest BCUT2D eigenvalue weighted by Gasteiger charge is -2.30. The molecular formula is C20H22BrNO5. The minimum atomic E-state index is -0.248. The first-order valence-electron chi connectivity index (χ1n) is 8.58. The number of anilines is 1. The van der Waals surface area contributed by atoms with Crippen LogP contribution in [0.25, 0.3) is 0 Å². The predicted octanol–water partition coefficient (Wildman–Crippen LogP) is 4.35. The van der Waals surface area contributed by atoms with Crippen LogP contribution in [-0.4, -0.2) is 33.8 Å². The van der Waals surface area contributed by atoms with E-state index in [4.69, 9.17) is 18.9 Å². The van der Waals surface area contributed by atoms with Crippen LogP contribution in [0.3, 0.4) is 0 Å². The summed E-state index contributed by atoms with van der Waals surface area (Å²) in [6, 6.07) is 7.57. The molecule has 0 fully saturated rings. The normalized spacial score (nSPS) is 15.6. The Hall–Kier alpha value is -2.41. The van der Waals surface area contributed by atoms with E-state index in [9.17, 15) is 4.79 Å². The number of methoxy groups -OCH3 is 3. The molecule has 1 heterocycles. The van der Waals surface area contributed by atoms with Gasteiger partial charge in [0.05, 0.1) is 33.6 Å². The number of ether oxygens (including phenoxy) is 4. The van der Waals surface area contributed by atoms with Crippen molar-refractivity contribution in [2.75, 3.05) is 33.3 Å². The predicted molar refractivity (Wildman–Crippen MR) is 106 cm³/mol. The second kappa shape index (κ2) is 8.08. The maximum Gasteiger partial charge on any atom is 0.225 e. The van der Waals surface area contributed by atoms with Gasteiger partial charge in [0.25, 0.3) is 0 Å². The minimum Gasteiger partial charge on any atom is -0.494 e. The van der Waals surface area contributed by atoms with Crippen LogP contribution in [0, 0.1) is 0 Å². The molecule has 0 bridgehead atoms. The van der Waals surface area contributed by atoms with Crippen molar-refractivity contribution in [3.05, 3.63) is 39.9 Å². The fraction of sp³-hybridized carbons (Fsp3) is 0.350. The SMILES string of the molecule is CCOc1ccc(Br)cc1[C@@H]1CC(=O)Nc2cc(OC)c(OC)c(OC)c21. The highest BCUT2D eigenvalue weighted by Gasteiger charge is 2.35. The number of rotatable bonds is 6. The molecule has 7 heteroatoms. The number of carbonyl (C=O) groups is 1. The van der Waals surface area contributed by atoms with Crippen LogP contribution in [-0.2, 0) is 4.79 Å². The van der Waals surface area contributed by atoms with E-state index in [2.05, 4.69) is 21.2 Å². The molecule has 2 aromatic rings. The summed E-state index contributed by atoms with van der Waals surface area (Å²) in [5.74, 6) is 1.94. The van der Waals surface area contributed by atoms with E-state index in [1.165, 1.54) is 0 Å². The summed E-state index contributed by atoms with van der Waals surface area (Å²) < 4.78 is 23.4. The average molecular weight is 436 g/mol. The van der Waals surface area contributed by atoms with E-state index in [1.807, 2.05) is 25.1 Å². The van der Waals surface area contributed by atoms with Crippen LogP contribution in [0.15, 0.2) is 28.7 Å². The maximum atomic E-state index is 12.4. The average Bonchev–Trinajstić information content (AvgIpc) is 2.67. The Balaban J connectivity index is 2.28. The standard InChI is InChI=1S/C20H22BrNO5/c1-5-27-15-7-6-11(21)8-12(15)13-9-17(23)22-14-10-16(24-2)19(25-3)20(26-4)18(13)14/h6-8,10,13H,5,9H2,1-4H3,(H,22,23)/t13-/m0/s1. The highest BCUT2D eigenvalue weighted by atomic mass is 79.9. The molecule has 1 atom stereocenters. The van der Waals surface area contributed by atoms with E-state index < -0.39 is 0 Å². The molecule has 0 radical (unpaired) electrons. The molecule has 0 spiro atoms. The molecular weight excluding hydrogens is 414 g/mol. The third-order valence-corrected chi connectivity index (χ3v) is 5.02. The number of fused-ring (bicyclic) bond motifs is 1. The lowest BCUT2D eigenvalue weighted by molar-refractivity contribution is -0.116. The summed E-state index contributed by atoms with van der Waals surface area (Å²) in [7, 11) is 4.69. The smallest absolute Gasteiger partial charge is 0.225 e. The Morgan fingerprint density at radius 2 is 1.81 bits per heavy atom. The molecule has 0 saturated heterocycles. The number of carbonyl (C=O) groups excluding carboxylic acids is 1. The highest BCUT2D eigenvalue weighted by molar-refractivity contribution is 9.10. The van der Waals surface area contributed by atoms with Crippen LogP contribution >= 0.6 is 15.9 Å². The van der Waals surface area contributed by atoms with E-state index in [1.54, 1.807) is 27.4 Å². The van der Waals surface area contributed by atoms with Gasteiger partial charge in [-0.1, -0.05) is 15.9 Å².